The van der Waals surface area contributed by atoms with E-state index >= 15 is 0 Å². The minimum absolute atomic E-state index is 0.0561. The molecule has 0 saturated carbocycles. The highest BCUT2D eigenvalue weighted by Crippen LogP contribution is 2.25. The number of carbonyl (C=O) groups excluding carboxylic acids is 2. The lowest BCUT2D eigenvalue weighted by Crippen LogP contribution is -2.50. The summed E-state index contributed by atoms with van der Waals surface area (Å²) in [6, 6.07) is 13.6. The molecular weight excluding hydrogens is 397 g/mol. The number of amides is 1. The van der Waals surface area contributed by atoms with Crippen LogP contribution < -0.4 is 4.90 Å². The Morgan fingerprint density at radius 3 is 2.35 bits per heavy atom. The number of Topliss-reactive ketones (excluding diaryl/α,β-unsaturated/α-hetero) is 1. The number of benzene rings is 2. The van der Waals surface area contributed by atoms with Gasteiger partial charge in [-0.25, -0.2) is 4.39 Å². The number of phenols is 1. The monoisotopic (exact) mass is 423 g/mol. The van der Waals surface area contributed by atoms with Crippen LogP contribution >= 0.6 is 0 Å². The van der Waals surface area contributed by atoms with Crippen LogP contribution in [0.1, 0.15) is 36.5 Å². The molecule has 2 aromatic rings. The van der Waals surface area contributed by atoms with Crippen molar-refractivity contribution in [2.24, 2.45) is 5.92 Å². The number of hydrogen-bond donors (Lipinski definition) is 1. The highest BCUT2D eigenvalue weighted by molar-refractivity contribution is 5.98. The van der Waals surface area contributed by atoms with Gasteiger partial charge in [0.15, 0.2) is 5.78 Å². The number of rotatable bonds is 7. The molecular formula is C24H26FN3O3. The predicted molar refractivity (Wildman–Crippen MR) is 115 cm³/mol. The number of nitriles is 1. The number of likely N-dealkylation sites (tertiary alicyclic amines) is 1. The van der Waals surface area contributed by atoms with Crippen molar-refractivity contribution >= 4 is 17.4 Å². The number of anilines is 1. The van der Waals surface area contributed by atoms with E-state index in [0.717, 1.165) is 0 Å². The molecule has 0 spiro atoms. The Kier molecular flexibility index (Phi) is 7.37. The summed E-state index contributed by atoms with van der Waals surface area (Å²) in [5, 5.41) is 18.4. The molecule has 0 radical (unpaired) electrons. The van der Waals surface area contributed by atoms with Gasteiger partial charge in [0.25, 0.3) is 0 Å². The minimum Gasteiger partial charge on any atom is -0.508 e. The normalized spacial score (nSPS) is 15.8. The SMILES string of the molecule is CC(C(=O)N(CCC#N)c1ccc(F)cc1)N1CCC(C(=O)c2ccc(O)cc2)CC1. The molecule has 7 heteroatoms. The van der Waals surface area contributed by atoms with Gasteiger partial charge in [0.05, 0.1) is 18.5 Å². The first-order valence-electron chi connectivity index (χ1n) is 10.4. The smallest absolute Gasteiger partial charge is 0.244 e. The van der Waals surface area contributed by atoms with E-state index in [1.54, 1.807) is 24.3 Å². The second kappa shape index (κ2) is 10.2. The summed E-state index contributed by atoms with van der Waals surface area (Å²) in [6.45, 7) is 3.28. The van der Waals surface area contributed by atoms with E-state index in [1.165, 1.54) is 29.2 Å². The van der Waals surface area contributed by atoms with Crippen molar-refractivity contribution in [3.63, 3.8) is 0 Å². The molecule has 1 aliphatic rings. The summed E-state index contributed by atoms with van der Waals surface area (Å²) in [7, 11) is 0. The predicted octanol–water partition coefficient (Wildman–Crippen LogP) is 3.76. The van der Waals surface area contributed by atoms with Crippen LogP contribution in [0.15, 0.2) is 48.5 Å². The maximum Gasteiger partial charge on any atom is 0.244 e. The van der Waals surface area contributed by atoms with Crippen LogP contribution in [-0.2, 0) is 4.79 Å². The zero-order valence-corrected chi connectivity index (χ0v) is 17.5. The molecule has 2 aromatic carbocycles. The van der Waals surface area contributed by atoms with Gasteiger partial charge in [-0.15, -0.1) is 0 Å². The van der Waals surface area contributed by atoms with Crippen LogP contribution in [-0.4, -0.2) is 47.4 Å². The van der Waals surface area contributed by atoms with E-state index in [1.807, 2.05) is 11.8 Å². The third-order valence-electron chi connectivity index (χ3n) is 5.81. The zero-order chi connectivity index (χ0) is 22.4. The van der Waals surface area contributed by atoms with Gasteiger partial charge >= 0.3 is 0 Å². The first kappa shape index (κ1) is 22.4. The second-order valence-corrected chi connectivity index (χ2v) is 7.77. The Balaban J connectivity index is 1.63. The summed E-state index contributed by atoms with van der Waals surface area (Å²) in [5.41, 5.74) is 1.14. The third-order valence-corrected chi connectivity index (χ3v) is 5.81. The van der Waals surface area contributed by atoms with Crippen LogP contribution in [0.3, 0.4) is 0 Å². The van der Waals surface area contributed by atoms with Gasteiger partial charge in [0, 0.05) is 23.7 Å². The lowest BCUT2D eigenvalue weighted by atomic mass is 9.88. The van der Waals surface area contributed by atoms with Crippen LogP contribution in [0.5, 0.6) is 5.75 Å². The summed E-state index contributed by atoms with van der Waals surface area (Å²) in [5.74, 6) is -0.466. The van der Waals surface area contributed by atoms with Gasteiger partial charge in [-0.1, -0.05) is 0 Å². The van der Waals surface area contributed by atoms with Crippen molar-refractivity contribution in [1.29, 1.82) is 5.26 Å². The zero-order valence-electron chi connectivity index (χ0n) is 17.5. The van der Waals surface area contributed by atoms with Crippen LogP contribution in [0.4, 0.5) is 10.1 Å². The van der Waals surface area contributed by atoms with Gasteiger partial charge in [-0.2, -0.15) is 5.26 Å². The fraction of sp³-hybridized carbons (Fsp3) is 0.375. The largest absolute Gasteiger partial charge is 0.508 e. The maximum absolute atomic E-state index is 13.3. The van der Waals surface area contributed by atoms with Crippen molar-refractivity contribution in [2.45, 2.75) is 32.2 Å². The molecule has 6 nitrogen and oxygen atoms in total. The van der Waals surface area contributed by atoms with Gasteiger partial charge in [0.2, 0.25) is 5.91 Å². The molecule has 0 aliphatic carbocycles. The van der Waals surface area contributed by atoms with E-state index in [2.05, 4.69) is 6.07 Å². The Morgan fingerprint density at radius 1 is 1.16 bits per heavy atom. The van der Waals surface area contributed by atoms with E-state index in [-0.39, 0.29) is 42.1 Å². The molecule has 3 rings (SSSR count). The quantitative estimate of drug-likeness (QED) is 0.686. The average Bonchev–Trinajstić information content (AvgIpc) is 2.80. The summed E-state index contributed by atoms with van der Waals surface area (Å²) < 4.78 is 13.3. The van der Waals surface area contributed by atoms with Crippen molar-refractivity contribution < 1.29 is 19.1 Å². The number of aromatic hydroxyl groups is 1. The summed E-state index contributed by atoms with van der Waals surface area (Å²) >= 11 is 0. The molecule has 1 heterocycles. The molecule has 31 heavy (non-hydrogen) atoms. The minimum atomic E-state index is -0.423. The lowest BCUT2D eigenvalue weighted by Gasteiger charge is -2.37. The molecule has 162 valence electrons. The number of halogens is 1. The average molecular weight is 423 g/mol. The number of phenolic OH excluding ortho intramolecular Hbond substituents is 1. The number of piperidine rings is 1. The lowest BCUT2D eigenvalue weighted by molar-refractivity contribution is -0.123. The molecule has 1 saturated heterocycles. The fourth-order valence-corrected chi connectivity index (χ4v) is 3.94. The molecule has 0 aromatic heterocycles. The van der Waals surface area contributed by atoms with E-state index < -0.39 is 6.04 Å². The van der Waals surface area contributed by atoms with Crippen LogP contribution in [0, 0.1) is 23.1 Å². The van der Waals surface area contributed by atoms with Crippen molar-refractivity contribution in [3.8, 4) is 11.8 Å². The van der Waals surface area contributed by atoms with Crippen molar-refractivity contribution in [2.75, 3.05) is 24.5 Å². The molecule has 1 amide bonds. The number of carbonyl (C=O) groups is 2. The topological polar surface area (TPSA) is 84.6 Å². The van der Waals surface area contributed by atoms with Crippen molar-refractivity contribution in [3.05, 3.63) is 59.9 Å². The van der Waals surface area contributed by atoms with Gasteiger partial charge in [-0.3, -0.25) is 14.5 Å². The summed E-state index contributed by atoms with van der Waals surface area (Å²) in [6.07, 6.45) is 1.47. The summed E-state index contributed by atoms with van der Waals surface area (Å²) in [4.78, 5) is 29.5. The van der Waals surface area contributed by atoms with Crippen molar-refractivity contribution in [1.82, 2.24) is 4.90 Å². The van der Waals surface area contributed by atoms with Crippen LogP contribution in [0.25, 0.3) is 0 Å². The number of nitrogens with zero attached hydrogens (tertiary/aromatic N) is 3. The third kappa shape index (κ3) is 5.47. The first-order valence-corrected chi connectivity index (χ1v) is 10.4. The van der Waals surface area contributed by atoms with E-state index in [0.29, 0.717) is 37.2 Å². The Bertz CT molecular complexity index is 946. The highest BCUT2D eigenvalue weighted by Gasteiger charge is 2.32. The Labute approximate surface area is 181 Å². The molecule has 1 aliphatic heterocycles. The molecule has 0 bridgehead atoms. The Morgan fingerprint density at radius 2 is 1.77 bits per heavy atom. The van der Waals surface area contributed by atoms with Gasteiger partial charge < -0.3 is 10.0 Å². The van der Waals surface area contributed by atoms with E-state index in [4.69, 9.17) is 5.26 Å². The maximum atomic E-state index is 13.3. The molecule has 1 unspecified atom stereocenters. The number of hydrogen-bond acceptors (Lipinski definition) is 5. The van der Waals surface area contributed by atoms with Gasteiger partial charge in [-0.05, 0) is 81.4 Å². The number of ketones is 1. The fourth-order valence-electron chi connectivity index (χ4n) is 3.94. The second-order valence-electron chi connectivity index (χ2n) is 7.77. The standard InChI is InChI=1S/C24H26FN3O3/c1-17(24(31)28(14-2-13-26)21-7-5-20(25)6-8-21)27-15-11-19(12-16-27)23(30)18-3-9-22(29)10-4-18/h3-10,17,19,29H,2,11-12,14-16H2,1H3. The highest BCUT2D eigenvalue weighted by atomic mass is 19.1. The first-order chi connectivity index (χ1) is 14.9. The molecule has 1 atom stereocenters. The van der Waals surface area contributed by atoms with E-state index in [9.17, 15) is 19.1 Å². The molecule has 1 N–H and O–H groups in total. The molecule has 1 fully saturated rings. The van der Waals surface area contributed by atoms with Crippen LogP contribution in [0.2, 0.25) is 0 Å². The Hall–Kier alpha value is -3.24. The van der Waals surface area contributed by atoms with Gasteiger partial charge in [0.1, 0.15) is 11.6 Å².